The first kappa shape index (κ1) is 13.0. The molecule has 1 saturated carbocycles. The number of hydrogen-bond acceptors (Lipinski definition) is 3. The van der Waals surface area contributed by atoms with E-state index in [4.69, 9.17) is 4.74 Å². The van der Waals surface area contributed by atoms with Crippen molar-refractivity contribution in [3.05, 3.63) is 0 Å². The van der Waals surface area contributed by atoms with Crippen LogP contribution in [0.1, 0.15) is 38.5 Å². The zero-order valence-electron chi connectivity index (χ0n) is 11.0. The van der Waals surface area contributed by atoms with Crippen molar-refractivity contribution in [3.8, 4) is 0 Å². The summed E-state index contributed by atoms with van der Waals surface area (Å²) in [5.41, 5.74) is 0. The minimum atomic E-state index is 0.368. The fourth-order valence-corrected chi connectivity index (χ4v) is 3.03. The van der Waals surface area contributed by atoms with E-state index in [-0.39, 0.29) is 0 Å². The van der Waals surface area contributed by atoms with Gasteiger partial charge in [0.1, 0.15) is 5.78 Å². The molecule has 2 fully saturated rings. The van der Waals surface area contributed by atoms with Crippen molar-refractivity contribution in [1.82, 2.24) is 4.90 Å². The van der Waals surface area contributed by atoms with E-state index >= 15 is 0 Å². The molecule has 0 spiro atoms. The van der Waals surface area contributed by atoms with Gasteiger partial charge in [0.2, 0.25) is 0 Å². The average molecular weight is 239 g/mol. The first-order valence-corrected chi connectivity index (χ1v) is 7.04. The molecular formula is C14H25NO2. The van der Waals surface area contributed by atoms with Crippen LogP contribution in [0.15, 0.2) is 0 Å². The van der Waals surface area contributed by atoms with Gasteiger partial charge >= 0.3 is 0 Å². The molecule has 3 nitrogen and oxygen atoms in total. The highest BCUT2D eigenvalue weighted by Gasteiger charge is 2.24. The molecule has 1 heterocycles. The van der Waals surface area contributed by atoms with E-state index < -0.39 is 0 Å². The molecule has 17 heavy (non-hydrogen) atoms. The van der Waals surface area contributed by atoms with Gasteiger partial charge in [0, 0.05) is 32.1 Å². The molecular weight excluding hydrogens is 214 g/mol. The second-order valence-corrected chi connectivity index (χ2v) is 5.66. The molecule has 0 aromatic carbocycles. The van der Waals surface area contributed by atoms with Crippen molar-refractivity contribution in [1.29, 1.82) is 0 Å². The van der Waals surface area contributed by atoms with Crippen LogP contribution >= 0.6 is 0 Å². The molecule has 98 valence electrons. The van der Waals surface area contributed by atoms with Gasteiger partial charge in [-0.1, -0.05) is 0 Å². The molecule has 0 aromatic heterocycles. The second kappa shape index (κ2) is 6.50. The Morgan fingerprint density at radius 3 is 2.71 bits per heavy atom. The molecule has 3 heteroatoms. The molecule has 2 aliphatic rings. The summed E-state index contributed by atoms with van der Waals surface area (Å²) < 4.78 is 5.37. The minimum Gasteiger partial charge on any atom is -0.381 e. The van der Waals surface area contributed by atoms with Crippen molar-refractivity contribution < 1.29 is 9.53 Å². The number of hydrogen-bond donors (Lipinski definition) is 0. The first-order valence-electron chi connectivity index (χ1n) is 7.04. The number of rotatable bonds is 5. The summed E-state index contributed by atoms with van der Waals surface area (Å²) in [6, 6.07) is 0. The van der Waals surface area contributed by atoms with Crippen LogP contribution < -0.4 is 0 Å². The third-order valence-corrected chi connectivity index (χ3v) is 4.20. The van der Waals surface area contributed by atoms with E-state index in [1.165, 1.54) is 19.4 Å². The van der Waals surface area contributed by atoms with Crippen molar-refractivity contribution in [2.75, 3.05) is 33.4 Å². The van der Waals surface area contributed by atoms with Crippen molar-refractivity contribution in [2.24, 2.45) is 11.8 Å². The highest BCUT2D eigenvalue weighted by atomic mass is 16.5. The number of nitrogens with zero attached hydrogens (tertiary/aromatic N) is 1. The fraction of sp³-hybridized carbons (Fsp3) is 0.929. The summed E-state index contributed by atoms with van der Waals surface area (Å²) in [6.07, 6.45) is 6.55. The molecule has 1 atom stereocenters. The largest absolute Gasteiger partial charge is 0.381 e. The Morgan fingerprint density at radius 1 is 1.29 bits per heavy atom. The average Bonchev–Trinajstić information content (AvgIpc) is 2.74. The predicted molar refractivity (Wildman–Crippen MR) is 68.0 cm³/mol. The molecule has 0 amide bonds. The van der Waals surface area contributed by atoms with Gasteiger partial charge in [0.15, 0.2) is 0 Å². The maximum atomic E-state index is 11.5. The van der Waals surface area contributed by atoms with Crippen LogP contribution in [0.2, 0.25) is 0 Å². The third-order valence-electron chi connectivity index (χ3n) is 4.20. The SMILES string of the molecule is CN(CCC1CCCC1=O)CC1CCOCC1. The maximum Gasteiger partial charge on any atom is 0.136 e. The lowest BCUT2D eigenvalue weighted by molar-refractivity contribution is -0.120. The van der Waals surface area contributed by atoms with E-state index in [9.17, 15) is 4.79 Å². The highest BCUT2D eigenvalue weighted by molar-refractivity contribution is 5.82. The molecule has 2 rings (SSSR count). The van der Waals surface area contributed by atoms with Crippen LogP contribution in [-0.2, 0) is 9.53 Å². The fourth-order valence-electron chi connectivity index (χ4n) is 3.03. The first-order chi connectivity index (χ1) is 8.25. The van der Waals surface area contributed by atoms with Gasteiger partial charge in [-0.15, -0.1) is 0 Å². The summed E-state index contributed by atoms with van der Waals surface area (Å²) in [6.45, 7) is 4.11. The zero-order valence-corrected chi connectivity index (χ0v) is 11.0. The van der Waals surface area contributed by atoms with Gasteiger partial charge in [-0.25, -0.2) is 0 Å². The Morgan fingerprint density at radius 2 is 2.06 bits per heavy atom. The molecule has 1 unspecified atom stereocenters. The molecule has 0 aromatic rings. The molecule has 0 bridgehead atoms. The van der Waals surface area contributed by atoms with Crippen molar-refractivity contribution in [2.45, 2.75) is 38.5 Å². The number of ether oxygens (including phenoxy) is 1. The standard InChI is InChI=1S/C14H25NO2/c1-15(11-12-6-9-17-10-7-12)8-5-13-3-2-4-14(13)16/h12-13H,2-11H2,1H3. The van der Waals surface area contributed by atoms with Gasteiger partial charge in [-0.05, 0) is 51.6 Å². The lowest BCUT2D eigenvalue weighted by Gasteiger charge is -2.27. The topological polar surface area (TPSA) is 29.5 Å². The quantitative estimate of drug-likeness (QED) is 0.736. The molecule has 1 saturated heterocycles. The van der Waals surface area contributed by atoms with Crippen LogP contribution in [0.4, 0.5) is 0 Å². The van der Waals surface area contributed by atoms with Gasteiger partial charge < -0.3 is 9.64 Å². The van der Waals surface area contributed by atoms with E-state index in [1.807, 2.05) is 0 Å². The third kappa shape index (κ3) is 4.07. The minimum absolute atomic E-state index is 0.368. The normalized spacial score (nSPS) is 26.9. The Balaban J connectivity index is 1.62. The number of carbonyl (C=O) groups excluding carboxylic acids is 1. The highest BCUT2D eigenvalue weighted by Crippen LogP contribution is 2.24. The Bertz CT molecular complexity index is 249. The molecule has 0 N–H and O–H groups in total. The smallest absolute Gasteiger partial charge is 0.136 e. The molecule has 0 radical (unpaired) electrons. The van der Waals surface area contributed by atoms with Crippen LogP contribution in [0.25, 0.3) is 0 Å². The monoisotopic (exact) mass is 239 g/mol. The number of ketones is 1. The van der Waals surface area contributed by atoms with Crippen LogP contribution in [0.3, 0.4) is 0 Å². The van der Waals surface area contributed by atoms with E-state index in [2.05, 4.69) is 11.9 Å². The Labute approximate surface area is 105 Å². The van der Waals surface area contributed by atoms with Crippen molar-refractivity contribution >= 4 is 5.78 Å². The summed E-state index contributed by atoms with van der Waals surface area (Å²) in [5, 5.41) is 0. The second-order valence-electron chi connectivity index (χ2n) is 5.66. The van der Waals surface area contributed by atoms with Gasteiger partial charge in [-0.2, -0.15) is 0 Å². The number of carbonyl (C=O) groups is 1. The number of Topliss-reactive ketones (excluding diaryl/α,β-unsaturated/α-hetero) is 1. The Kier molecular flexibility index (Phi) is 4.99. The van der Waals surface area contributed by atoms with Crippen LogP contribution in [-0.4, -0.2) is 44.0 Å². The van der Waals surface area contributed by atoms with Gasteiger partial charge in [0.25, 0.3) is 0 Å². The van der Waals surface area contributed by atoms with Gasteiger partial charge in [0.05, 0.1) is 0 Å². The summed E-state index contributed by atoms with van der Waals surface area (Å²) >= 11 is 0. The zero-order chi connectivity index (χ0) is 12.1. The lowest BCUT2D eigenvalue weighted by Crippen LogP contribution is -2.31. The van der Waals surface area contributed by atoms with Crippen LogP contribution in [0.5, 0.6) is 0 Å². The van der Waals surface area contributed by atoms with Gasteiger partial charge in [-0.3, -0.25) is 4.79 Å². The predicted octanol–water partition coefficient (Wildman–Crippen LogP) is 2.10. The Hall–Kier alpha value is -0.410. The van der Waals surface area contributed by atoms with Crippen LogP contribution in [0, 0.1) is 11.8 Å². The van der Waals surface area contributed by atoms with E-state index in [1.54, 1.807) is 0 Å². The molecule has 1 aliphatic heterocycles. The van der Waals surface area contributed by atoms with Crippen molar-refractivity contribution in [3.63, 3.8) is 0 Å². The molecule has 1 aliphatic carbocycles. The summed E-state index contributed by atoms with van der Waals surface area (Å²) in [4.78, 5) is 13.9. The summed E-state index contributed by atoms with van der Waals surface area (Å²) in [5.74, 6) is 1.67. The van der Waals surface area contributed by atoms with E-state index in [0.29, 0.717) is 11.7 Å². The maximum absolute atomic E-state index is 11.5. The summed E-state index contributed by atoms with van der Waals surface area (Å²) in [7, 11) is 2.19. The lowest BCUT2D eigenvalue weighted by atomic mass is 9.99. The van der Waals surface area contributed by atoms with E-state index in [0.717, 1.165) is 51.4 Å².